The Balaban J connectivity index is 2.05. The molecule has 0 bridgehead atoms. The number of ether oxygens (including phenoxy) is 2. The quantitative estimate of drug-likeness (QED) is 0.581. The number of thiazole rings is 1. The summed E-state index contributed by atoms with van der Waals surface area (Å²) in [5.74, 6) is -0.296. The van der Waals surface area contributed by atoms with Crippen LogP contribution in [0.2, 0.25) is 0 Å². The van der Waals surface area contributed by atoms with Crippen LogP contribution in [0.1, 0.15) is 37.6 Å². The molecule has 6 heteroatoms. The number of aromatic nitrogens is 1. The summed E-state index contributed by atoms with van der Waals surface area (Å²) in [5.41, 5.74) is -0.360. The highest BCUT2D eigenvalue weighted by Crippen LogP contribution is 2.43. The number of carbonyl (C=O) groups is 1. The Kier molecular flexibility index (Phi) is 4.97. The van der Waals surface area contributed by atoms with Crippen molar-refractivity contribution >= 4 is 39.9 Å². The molecule has 0 atom stereocenters. The van der Waals surface area contributed by atoms with Crippen molar-refractivity contribution in [3.63, 3.8) is 0 Å². The van der Waals surface area contributed by atoms with Gasteiger partial charge in [0.05, 0.1) is 15.7 Å². The van der Waals surface area contributed by atoms with Gasteiger partial charge in [-0.3, -0.25) is 0 Å². The summed E-state index contributed by atoms with van der Waals surface area (Å²) in [4.78, 5) is 15.8. The second-order valence-corrected chi connectivity index (χ2v) is 7.19. The summed E-state index contributed by atoms with van der Waals surface area (Å²) in [6, 6.07) is 0. The molecule has 1 heterocycles. The first-order valence-electron chi connectivity index (χ1n) is 6.08. The van der Waals surface area contributed by atoms with E-state index in [1.807, 2.05) is 6.20 Å². The number of rotatable bonds is 5. The van der Waals surface area contributed by atoms with Gasteiger partial charge in [-0.2, -0.15) is 0 Å². The maximum absolute atomic E-state index is 11.4. The van der Waals surface area contributed by atoms with Crippen LogP contribution in [-0.2, 0) is 19.9 Å². The van der Waals surface area contributed by atoms with Gasteiger partial charge in [0.15, 0.2) is 0 Å². The van der Waals surface area contributed by atoms with E-state index in [0.29, 0.717) is 6.61 Å². The zero-order chi connectivity index (χ0) is 13.0. The SMILES string of the molecule is CCOC(=O)COC1(c2ncc(I)s2)CCCC1. The van der Waals surface area contributed by atoms with E-state index >= 15 is 0 Å². The van der Waals surface area contributed by atoms with Crippen LogP contribution < -0.4 is 0 Å². The molecule has 2 rings (SSSR count). The maximum atomic E-state index is 11.4. The van der Waals surface area contributed by atoms with Gasteiger partial charge in [-0.1, -0.05) is 12.8 Å². The highest BCUT2D eigenvalue weighted by molar-refractivity contribution is 14.1. The molecule has 0 N–H and O–H groups in total. The van der Waals surface area contributed by atoms with Crippen molar-refractivity contribution in [3.05, 3.63) is 14.1 Å². The van der Waals surface area contributed by atoms with Crippen molar-refractivity contribution in [1.29, 1.82) is 0 Å². The van der Waals surface area contributed by atoms with Crippen molar-refractivity contribution < 1.29 is 14.3 Å². The molecule has 0 radical (unpaired) electrons. The fourth-order valence-corrected chi connectivity index (χ4v) is 3.84. The molecule has 1 fully saturated rings. The average molecular weight is 381 g/mol. The van der Waals surface area contributed by atoms with Crippen molar-refractivity contribution in [2.45, 2.75) is 38.2 Å². The summed E-state index contributed by atoms with van der Waals surface area (Å²) in [5, 5.41) is 0.994. The standard InChI is InChI=1S/C12H16INO3S/c1-2-16-10(15)8-17-12(5-3-4-6-12)11-14-7-9(13)18-11/h7H,2-6,8H2,1H3. The van der Waals surface area contributed by atoms with E-state index in [1.54, 1.807) is 18.3 Å². The summed E-state index contributed by atoms with van der Waals surface area (Å²) in [6.07, 6.45) is 5.98. The van der Waals surface area contributed by atoms with Crippen molar-refractivity contribution in [2.75, 3.05) is 13.2 Å². The van der Waals surface area contributed by atoms with Crippen LogP contribution in [-0.4, -0.2) is 24.2 Å². The van der Waals surface area contributed by atoms with E-state index in [-0.39, 0.29) is 18.2 Å². The fraction of sp³-hybridized carbons (Fsp3) is 0.667. The lowest BCUT2D eigenvalue weighted by atomic mass is 10.0. The molecule has 1 saturated carbocycles. The van der Waals surface area contributed by atoms with Gasteiger partial charge in [0.1, 0.15) is 17.2 Å². The minimum atomic E-state index is -0.360. The predicted molar refractivity (Wildman–Crippen MR) is 77.6 cm³/mol. The minimum Gasteiger partial charge on any atom is -0.464 e. The van der Waals surface area contributed by atoms with Crippen LogP contribution in [0.15, 0.2) is 6.20 Å². The molecule has 0 aliphatic heterocycles. The Morgan fingerprint density at radius 1 is 1.56 bits per heavy atom. The van der Waals surface area contributed by atoms with Gasteiger partial charge in [0.25, 0.3) is 0 Å². The number of nitrogens with zero attached hydrogens (tertiary/aromatic N) is 1. The van der Waals surface area contributed by atoms with Crippen LogP contribution in [0, 0.1) is 2.88 Å². The van der Waals surface area contributed by atoms with Gasteiger partial charge in [-0.05, 0) is 42.4 Å². The van der Waals surface area contributed by atoms with Crippen LogP contribution in [0.4, 0.5) is 0 Å². The molecule has 0 spiro atoms. The van der Waals surface area contributed by atoms with E-state index in [9.17, 15) is 4.79 Å². The minimum absolute atomic E-state index is 0.0179. The molecular weight excluding hydrogens is 365 g/mol. The monoisotopic (exact) mass is 381 g/mol. The third-order valence-electron chi connectivity index (χ3n) is 3.05. The molecule has 4 nitrogen and oxygen atoms in total. The van der Waals surface area contributed by atoms with E-state index in [1.165, 1.54) is 0 Å². The van der Waals surface area contributed by atoms with E-state index in [4.69, 9.17) is 9.47 Å². The second kappa shape index (κ2) is 6.29. The Morgan fingerprint density at radius 2 is 2.28 bits per heavy atom. The zero-order valence-corrected chi connectivity index (χ0v) is 13.3. The fourth-order valence-electron chi connectivity index (χ4n) is 2.23. The third-order valence-corrected chi connectivity index (χ3v) is 4.96. The molecule has 1 aliphatic carbocycles. The summed E-state index contributed by atoms with van der Waals surface area (Å²) < 4.78 is 11.9. The first kappa shape index (κ1) is 14.2. The molecule has 0 amide bonds. The topological polar surface area (TPSA) is 48.4 Å². The first-order valence-corrected chi connectivity index (χ1v) is 7.97. The number of carbonyl (C=O) groups excluding carboxylic acids is 1. The second-order valence-electron chi connectivity index (χ2n) is 4.26. The molecule has 1 aliphatic rings. The zero-order valence-electron chi connectivity index (χ0n) is 10.3. The molecule has 100 valence electrons. The van der Waals surface area contributed by atoms with Gasteiger partial charge in [-0.15, -0.1) is 11.3 Å². The smallest absolute Gasteiger partial charge is 0.332 e. The Labute approximate surface area is 124 Å². The van der Waals surface area contributed by atoms with Crippen molar-refractivity contribution in [2.24, 2.45) is 0 Å². The molecule has 1 aromatic rings. The van der Waals surface area contributed by atoms with E-state index in [0.717, 1.165) is 33.6 Å². The maximum Gasteiger partial charge on any atom is 0.332 e. The lowest BCUT2D eigenvalue weighted by Crippen LogP contribution is -2.29. The molecule has 18 heavy (non-hydrogen) atoms. The van der Waals surface area contributed by atoms with Gasteiger partial charge in [0, 0.05) is 0 Å². The Bertz CT molecular complexity index is 415. The molecule has 0 unspecified atom stereocenters. The highest BCUT2D eigenvalue weighted by atomic mass is 127. The van der Waals surface area contributed by atoms with Crippen LogP contribution in [0.3, 0.4) is 0 Å². The normalized spacial score (nSPS) is 17.9. The molecule has 0 saturated heterocycles. The van der Waals surface area contributed by atoms with Crippen LogP contribution >= 0.6 is 33.9 Å². The number of esters is 1. The van der Waals surface area contributed by atoms with Gasteiger partial charge in [0.2, 0.25) is 0 Å². The van der Waals surface area contributed by atoms with Crippen LogP contribution in [0.5, 0.6) is 0 Å². The predicted octanol–water partition coefficient (Wildman–Crippen LogP) is 3.10. The number of hydrogen-bond acceptors (Lipinski definition) is 5. The number of hydrogen-bond donors (Lipinski definition) is 0. The van der Waals surface area contributed by atoms with Gasteiger partial charge >= 0.3 is 5.97 Å². The van der Waals surface area contributed by atoms with E-state index in [2.05, 4.69) is 27.6 Å². The molecule has 1 aromatic heterocycles. The van der Waals surface area contributed by atoms with Gasteiger partial charge < -0.3 is 9.47 Å². The lowest BCUT2D eigenvalue weighted by Gasteiger charge is -2.26. The average Bonchev–Trinajstić information content (AvgIpc) is 2.96. The summed E-state index contributed by atoms with van der Waals surface area (Å²) >= 11 is 3.91. The van der Waals surface area contributed by atoms with Crippen LogP contribution in [0.25, 0.3) is 0 Å². The summed E-state index contributed by atoms with van der Waals surface area (Å²) in [7, 11) is 0. The first-order chi connectivity index (χ1) is 8.66. The Morgan fingerprint density at radius 3 is 2.83 bits per heavy atom. The molecular formula is C12H16INO3S. The van der Waals surface area contributed by atoms with Crippen molar-refractivity contribution in [1.82, 2.24) is 4.98 Å². The largest absolute Gasteiger partial charge is 0.464 e. The summed E-state index contributed by atoms with van der Waals surface area (Å²) in [6.45, 7) is 2.21. The lowest BCUT2D eigenvalue weighted by molar-refractivity contribution is -0.156. The molecule has 0 aromatic carbocycles. The number of halogens is 1. The van der Waals surface area contributed by atoms with E-state index < -0.39 is 0 Å². The highest BCUT2D eigenvalue weighted by Gasteiger charge is 2.40. The van der Waals surface area contributed by atoms with Crippen molar-refractivity contribution in [3.8, 4) is 0 Å². The van der Waals surface area contributed by atoms with Gasteiger partial charge in [-0.25, -0.2) is 9.78 Å². The third kappa shape index (κ3) is 3.21. The Hall–Kier alpha value is -0.210.